The zero-order chi connectivity index (χ0) is 18.0. The van der Waals surface area contributed by atoms with E-state index in [9.17, 15) is 9.59 Å². The van der Waals surface area contributed by atoms with Gasteiger partial charge in [-0.25, -0.2) is 0 Å². The molecular weight excluding hydrogens is 320 g/mol. The van der Waals surface area contributed by atoms with Gasteiger partial charge < -0.3 is 15.4 Å². The lowest BCUT2D eigenvalue weighted by molar-refractivity contribution is -0.122. The van der Waals surface area contributed by atoms with Gasteiger partial charge >= 0.3 is 0 Å². The highest BCUT2D eigenvalue weighted by molar-refractivity contribution is 5.93. The van der Waals surface area contributed by atoms with Gasteiger partial charge in [0.05, 0.1) is 12.5 Å². The predicted molar refractivity (Wildman–Crippen MR) is 92.0 cm³/mol. The molecule has 7 heteroatoms. The third-order valence-corrected chi connectivity index (χ3v) is 4.63. The second-order valence-electron chi connectivity index (χ2n) is 6.40. The van der Waals surface area contributed by atoms with E-state index in [0.717, 1.165) is 11.4 Å². The largest absolute Gasteiger partial charge is 0.493 e. The van der Waals surface area contributed by atoms with E-state index < -0.39 is 11.8 Å². The molecule has 0 aliphatic carbocycles. The number of carbonyl (C=O) groups is 2. The number of aromatic nitrogens is 2. The maximum Gasteiger partial charge on any atom is 0.274 e. The standard InChI is InChI=1S/C18H22N4O3/c1-12-8-16(20-21(12)2)18(24)22-9-13(15(10-22)17(19)23)11-25-14-6-4-3-5-7-14/h3-8,13,15H,9-11H2,1-2H3,(H2,19,23)/t13-,15+/m0/s1. The molecule has 2 aromatic rings. The van der Waals surface area contributed by atoms with Gasteiger partial charge in [0.2, 0.25) is 5.91 Å². The summed E-state index contributed by atoms with van der Waals surface area (Å²) in [4.78, 5) is 26.1. The number of benzene rings is 1. The Morgan fingerprint density at radius 2 is 2.00 bits per heavy atom. The molecule has 0 unspecified atom stereocenters. The van der Waals surface area contributed by atoms with Crippen molar-refractivity contribution in [2.45, 2.75) is 6.92 Å². The van der Waals surface area contributed by atoms with Crippen molar-refractivity contribution in [1.29, 1.82) is 0 Å². The van der Waals surface area contributed by atoms with Gasteiger partial charge in [0.25, 0.3) is 5.91 Å². The summed E-state index contributed by atoms with van der Waals surface area (Å²) in [6, 6.07) is 11.1. The van der Waals surface area contributed by atoms with Crippen LogP contribution in [0.2, 0.25) is 0 Å². The van der Waals surface area contributed by atoms with Gasteiger partial charge in [-0.15, -0.1) is 0 Å². The number of para-hydroxylation sites is 1. The van der Waals surface area contributed by atoms with Crippen molar-refractivity contribution in [2.24, 2.45) is 24.6 Å². The molecule has 2 heterocycles. The van der Waals surface area contributed by atoms with Crippen molar-refractivity contribution in [3.05, 3.63) is 47.8 Å². The van der Waals surface area contributed by atoms with Crippen molar-refractivity contribution in [3.8, 4) is 5.75 Å². The van der Waals surface area contributed by atoms with Crippen LogP contribution < -0.4 is 10.5 Å². The fraction of sp³-hybridized carbons (Fsp3) is 0.389. The van der Waals surface area contributed by atoms with Crippen LogP contribution in [0.5, 0.6) is 5.75 Å². The number of likely N-dealkylation sites (tertiary alicyclic amines) is 1. The first-order valence-corrected chi connectivity index (χ1v) is 8.22. The Labute approximate surface area is 146 Å². The molecule has 2 N–H and O–H groups in total. The number of rotatable bonds is 5. The minimum Gasteiger partial charge on any atom is -0.493 e. The molecule has 1 saturated heterocycles. The number of aryl methyl sites for hydroxylation is 2. The Hall–Kier alpha value is -2.83. The summed E-state index contributed by atoms with van der Waals surface area (Å²) >= 11 is 0. The molecular formula is C18H22N4O3. The predicted octanol–water partition coefficient (Wildman–Crippen LogP) is 0.981. The lowest BCUT2D eigenvalue weighted by Crippen LogP contribution is -2.33. The molecule has 1 aliphatic rings. The molecule has 3 rings (SSSR count). The number of ether oxygens (including phenoxy) is 1. The van der Waals surface area contributed by atoms with E-state index in [1.54, 1.807) is 22.7 Å². The molecule has 0 bridgehead atoms. The van der Waals surface area contributed by atoms with Gasteiger partial charge in [0.15, 0.2) is 5.69 Å². The van der Waals surface area contributed by atoms with Gasteiger partial charge in [-0.3, -0.25) is 14.3 Å². The Morgan fingerprint density at radius 1 is 1.28 bits per heavy atom. The fourth-order valence-electron chi connectivity index (χ4n) is 3.08. The van der Waals surface area contributed by atoms with Crippen molar-refractivity contribution >= 4 is 11.8 Å². The van der Waals surface area contributed by atoms with Crippen LogP contribution in [0.25, 0.3) is 0 Å². The van der Waals surface area contributed by atoms with E-state index >= 15 is 0 Å². The number of nitrogens with two attached hydrogens (primary N) is 1. The Morgan fingerprint density at radius 3 is 2.60 bits per heavy atom. The monoisotopic (exact) mass is 342 g/mol. The molecule has 1 fully saturated rings. The van der Waals surface area contributed by atoms with E-state index in [4.69, 9.17) is 10.5 Å². The third kappa shape index (κ3) is 3.65. The summed E-state index contributed by atoms with van der Waals surface area (Å²) in [6.45, 7) is 2.95. The zero-order valence-corrected chi connectivity index (χ0v) is 14.4. The minimum atomic E-state index is -0.419. The van der Waals surface area contributed by atoms with E-state index in [1.807, 2.05) is 37.3 Å². The highest BCUT2D eigenvalue weighted by Crippen LogP contribution is 2.26. The van der Waals surface area contributed by atoms with Crippen LogP contribution in [0.4, 0.5) is 0 Å². The van der Waals surface area contributed by atoms with Crippen molar-refractivity contribution < 1.29 is 14.3 Å². The van der Waals surface area contributed by atoms with Crippen LogP contribution in [0, 0.1) is 18.8 Å². The summed E-state index contributed by atoms with van der Waals surface area (Å²) in [7, 11) is 1.79. The van der Waals surface area contributed by atoms with Crippen LogP contribution in [0.1, 0.15) is 16.2 Å². The molecule has 0 radical (unpaired) electrons. The summed E-state index contributed by atoms with van der Waals surface area (Å²) < 4.78 is 7.42. The van der Waals surface area contributed by atoms with Crippen LogP contribution in [0.3, 0.4) is 0 Å². The summed E-state index contributed by atoms with van der Waals surface area (Å²) in [5, 5.41) is 4.22. The molecule has 25 heavy (non-hydrogen) atoms. The van der Waals surface area contributed by atoms with Gasteiger partial charge in [0.1, 0.15) is 5.75 Å². The Balaban J connectivity index is 1.69. The third-order valence-electron chi connectivity index (χ3n) is 4.63. The maximum atomic E-state index is 12.7. The van der Waals surface area contributed by atoms with Crippen molar-refractivity contribution in [2.75, 3.05) is 19.7 Å². The average Bonchev–Trinajstić information content (AvgIpc) is 3.17. The number of amides is 2. The lowest BCUT2D eigenvalue weighted by Gasteiger charge is -2.16. The summed E-state index contributed by atoms with van der Waals surface area (Å²) in [6.07, 6.45) is 0. The topological polar surface area (TPSA) is 90.4 Å². The maximum absolute atomic E-state index is 12.7. The van der Waals surface area contributed by atoms with Gasteiger partial charge in [0, 0.05) is 31.7 Å². The van der Waals surface area contributed by atoms with Crippen molar-refractivity contribution in [3.63, 3.8) is 0 Å². The Bertz CT molecular complexity index is 752. The lowest BCUT2D eigenvalue weighted by atomic mass is 9.96. The average molecular weight is 342 g/mol. The first-order chi connectivity index (χ1) is 12.0. The van der Waals surface area contributed by atoms with Crippen LogP contribution >= 0.6 is 0 Å². The number of carbonyl (C=O) groups excluding carboxylic acids is 2. The molecule has 2 amide bonds. The highest BCUT2D eigenvalue weighted by atomic mass is 16.5. The first-order valence-electron chi connectivity index (χ1n) is 8.22. The minimum absolute atomic E-state index is 0.133. The highest BCUT2D eigenvalue weighted by Gasteiger charge is 2.39. The fourth-order valence-corrected chi connectivity index (χ4v) is 3.08. The van der Waals surface area contributed by atoms with Gasteiger partial charge in [-0.2, -0.15) is 5.10 Å². The Kier molecular flexibility index (Phi) is 4.74. The molecule has 1 aromatic heterocycles. The number of primary amides is 1. The molecule has 0 saturated carbocycles. The van der Waals surface area contributed by atoms with Crippen LogP contribution in [0.15, 0.2) is 36.4 Å². The van der Waals surface area contributed by atoms with Gasteiger partial charge in [-0.05, 0) is 25.1 Å². The van der Waals surface area contributed by atoms with E-state index in [2.05, 4.69) is 5.10 Å². The van der Waals surface area contributed by atoms with E-state index in [-0.39, 0.29) is 11.8 Å². The summed E-state index contributed by atoms with van der Waals surface area (Å²) in [5.41, 5.74) is 6.82. The molecule has 0 spiro atoms. The summed E-state index contributed by atoms with van der Waals surface area (Å²) in [5.74, 6) is -0.411. The van der Waals surface area contributed by atoms with E-state index in [0.29, 0.717) is 25.4 Å². The quantitative estimate of drug-likeness (QED) is 0.877. The molecule has 1 aliphatic heterocycles. The SMILES string of the molecule is Cc1cc(C(=O)N2C[C@@H](COc3ccccc3)[C@H](C(N)=O)C2)nn1C. The molecule has 132 valence electrons. The second kappa shape index (κ2) is 6.96. The van der Waals surface area contributed by atoms with Crippen LogP contribution in [-0.4, -0.2) is 46.2 Å². The van der Waals surface area contributed by atoms with Crippen molar-refractivity contribution in [1.82, 2.24) is 14.7 Å². The molecule has 1 aromatic carbocycles. The number of hydrogen-bond acceptors (Lipinski definition) is 4. The number of nitrogens with zero attached hydrogens (tertiary/aromatic N) is 3. The molecule has 2 atom stereocenters. The van der Waals surface area contributed by atoms with Crippen LogP contribution in [-0.2, 0) is 11.8 Å². The second-order valence-corrected chi connectivity index (χ2v) is 6.40. The smallest absolute Gasteiger partial charge is 0.274 e. The van der Waals surface area contributed by atoms with E-state index in [1.165, 1.54) is 0 Å². The molecule has 7 nitrogen and oxygen atoms in total. The van der Waals surface area contributed by atoms with Gasteiger partial charge in [-0.1, -0.05) is 18.2 Å². The zero-order valence-electron chi connectivity index (χ0n) is 14.4. The number of hydrogen-bond donors (Lipinski definition) is 1. The normalized spacial score (nSPS) is 19.8. The first kappa shape index (κ1) is 17.0.